The van der Waals surface area contributed by atoms with Crippen molar-refractivity contribution in [2.24, 2.45) is 0 Å². The van der Waals surface area contributed by atoms with Gasteiger partial charge in [0.2, 0.25) is 0 Å². The Morgan fingerprint density at radius 3 is 2.88 bits per heavy atom. The van der Waals surface area contributed by atoms with Crippen LogP contribution in [0, 0.1) is 0 Å². The Morgan fingerprint density at radius 1 is 1.35 bits per heavy atom. The van der Waals surface area contributed by atoms with Crippen LogP contribution in [0.1, 0.15) is 33.0 Å². The predicted octanol–water partition coefficient (Wildman–Crippen LogP) is 3.05. The Hall–Kier alpha value is -0.490. The third-order valence-corrected chi connectivity index (χ3v) is 5.29. The lowest BCUT2D eigenvalue weighted by atomic mass is 10.3. The van der Waals surface area contributed by atoms with Crippen LogP contribution in [0.5, 0.6) is 0 Å². The smallest absolute Gasteiger partial charge is 0.118 e. The maximum absolute atomic E-state index is 5.94. The second kappa shape index (κ2) is 4.65. The summed E-state index contributed by atoms with van der Waals surface area (Å²) < 4.78 is 0.726. The van der Waals surface area contributed by atoms with E-state index in [9.17, 15) is 0 Å². The zero-order valence-electron chi connectivity index (χ0n) is 9.36. The second-order valence-electron chi connectivity index (χ2n) is 4.00. The van der Waals surface area contributed by atoms with Crippen molar-refractivity contribution in [1.82, 2.24) is 15.3 Å². The molecular weight excluding hydrogens is 274 g/mol. The number of aryl methyl sites for hydroxylation is 2. The fourth-order valence-corrected chi connectivity index (χ4v) is 4.47. The molecule has 2 aromatic heterocycles. The Labute approximate surface area is 113 Å². The van der Waals surface area contributed by atoms with E-state index in [2.05, 4.69) is 10.3 Å². The van der Waals surface area contributed by atoms with E-state index in [4.69, 9.17) is 16.6 Å². The number of rotatable bonds is 3. The third-order valence-electron chi connectivity index (χ3n) is 2.89. The molecule has 2 aromatic rings. The number of halogens is 1. The topological polar surface area (TPSA) is 37.8 Å². The summed E-state index contributed by atoms with van der Waals surface area (Å²) in [5, 5.41) is 5.38. The first-order valence-electron chi connectivity index (χ1n) is 5.55. The molecule has 0 bridgehead atoms. The highest BCUT2D eigenvalue weighted by Crippen LogP contribution is 2.34. The molecule has 1 N–H and O–H groups in total. The van der Waals surface area contributed by atoms with E-state index in [1.54, 1.807) is 6.20 Å². The van der Waals surface area contributed by atoms with Gasteiger partial charge in [-0.15, -0.1) is 22.7 Å². The maximum Gasteiger partial charge on any atom is 0.118 e. The molecule has 90 valence electrons. The predicted molar refractivity (Wildman–Crippen MR) is 72.2 cm³/mol. The summed E-state index contributed by atoms with van der Waals surface area (Å²) in [6, 6.07) is 0.0862. The quantitative estimate of drug-likeness (QED) is 0.942. The molecule has 6 heteroatoms. The molecule has 0 radical (unpaired) electrons. The van der Waals surface area contributed by atoms with Gasteiger partial charge in [-0.3, -0.25) is 0 Å². The highest BCUT2D eigenvalue weighted by atomic mass is 35.5. The van der Waals surface area contributed by atoms with Gasteiger partial charge in [0.1, 0.15) is 20.4 Å². The molecule has 1 aliphatic rings. The van der Waals surface area contributed by atoms with Gasteiger partial charge in [-0.25, -0.2) is 9.97 Å². The van der Waals surface area contributed by atoms with Gasteiger partial charge in [-0.2, -0.15) is 0 Å². The lowest BCUT2D eigenvalue weighted by molar-refractivity contribution is 0.678. The Balaban J connectivity index is 1.94. The van der Waals surface area contributed by atoms with Gasteiger partial charge < -0.3 is 5.32 Å². The molecule has 0 amide bonds. The molecule has 0 saturated heterocycles. The molecule has 17 heavy (non-hydrogen) atoms. The summed E-state index contributed by atoms with van der Waals surface area (Å²) in [6.45, 7) is 0. The van der Waals surface area contributed by atoms with Crippen molar-refractivity contribution >= 4 is 34.3 Å². The number of aromatic nitrogens is 2. The van der Waals surface area contributed by atoms with Gasteiger partial charge >= 0.3 is 0 Å². The summed E-state index contributed by atoms with van der Waals surface area (Å²) in [6.07, 6.45) is 5.26. The van der Waals surface area contributed by atoms with Crippen molar-refractivity contribution < 1.29 is 0 Å². The van der Waals surface area contributed by atoms with Crippen molar-refractivity contribution in [3.8, 4) is 0 Å². The zero-order chi connectivity index (χ0) is 11.8. The van der Waals surface area contributed by atoms with Crippen molar-refractivity contribution in [1.29, 1.82) is 0 Å². The molecule has 3 nitrogen and oxygen atoms in total. The van der Waals surface area contributed by atoms with Crippen molar-refractivity contribution in [3.63, 3.8) is 0 Å². The van der Waals surface area contributed by atoms with Gasteiger partial charge in [0.25, 0.3) is 0 Å². The molecule has 0 saturated carbocycles. The fourth-order valence-electron chi connectivity index (χ4n) is 2.09. The first-order valence-corrected chi connectivity index (χ1v) is 7.56. The number of hydrogen-bond donors (Lipinski definition) is 1. The van der Waals surface area contributed by atoms with Gasteiger partial charge in [-0.1, -0.05) is 11.6 Å². The molecule has 2 heterocycles. The number of nitrogens with zero attached hydrogens (tertiary/aromatic N) is 2. The Kier molecular flexibility index (Phi) is 3.17. The average molecular weight is 286 g/mol. The van der Waals surface area contributed by atoms with Crippen LogP contribution >= 0.6 is 34.3 Å². The normalized spacial score (nSPS) is 16.1. The minimum Gasteiger partial charge on any atom is -0.305 e. The monoisotopic (exact) mass is 285 g/mol. The molecule has 1 aliphatic carbocycles. The van der Waals surface area contributed by atoms with Crippen LogP contribution in [-0.4, -0.2) is 17.0 Å². The van der Waals surface area contributed by atoms with Crippen LogP contribution in [0.25, 0.3) is 0 Å². The summed E-state index contributed by atoms with van der Waals surface area (Å²) >= 11 is 9.26. The van der Waals surface area contributed by atoms with Crippen LogP contribution < -0.4 is 5.32 Å². The fraction of sp³-hybridized carbons (Fsp3) is 0.455. The largest absolute Gasteiger partial charge is 0.305 e. The Bertz CT molecular complexity index is 513. The summed E-state index contributed by atoms with van der Waals surface area (Å²) in [7, 11) is 1.94. The number of nitrogens with one attached hydrogen (secondary N) is 1. The highest BCUT2D eigenvalue weighted by Gasteiger charge is 2.24. The second-order valence-corrected chi connectivity index (χ2v) is 6.81. The van der Waals surface area contributed by atoms with E-state index < -0.39 is 0 Å². The summed E-state index contributed by atoms with van der Waals surface area (Å²) in [4.78, 5) is 10.5. The number of thiazole rings is 2. The van der Waals surface area contributed by atoms with E-state index in [1.807, 2.05) is 18.4 Å². The van der Waals surface area contributed by atoms with Crippen LogP contribution in [0.15, 0.2) is 6.20 Å². The SMILES string of the molecule is CNC(c1ncc(Cl)s1)c1nc2c(s1)CCC2. The number of fused-ring (bicyclic) bond motifs is 1. The van der Waals surface area contributed by atoms with Crippen LogP contribution in [0.3, 0.4) is 0 Å². The van der Waals surface area contributed by atoms with Crippen LogP contribution in [-0.2, 0) is 12.8 Å². The van der Waals surface area contributed by atoms with E-state index in [-0.39, 0.29) is 6.04 Å². The maximum atomic E-state index is 5.94. The van der Waals surface area contributed by atoms with Gasteiger partial charge in [-0.05, 0) is 26.3 Å². The molecule has 0 aliphatic heterocycles. The first-order chi connectivity index (χ1) is 8.28. The standard InChI is InChI=1S/C11H12ClN3S2/c1-13-9(10-14-5-8(12)17-10)11-15-6-3-2-4-7(6)16-11/h5,9,13H,2-4H2,1H3. The average Bonchev–Trinajstić information content (AvgIpc) is 2.95. The third kappa shape index (κ3) is 2.12. The van der Waals surface area contributed by atoms with Gasteiger partial charge in [0.15, 0.2) is 0 Å². The number of hydrogen-bond acceptors (Lipinski definition) is 5. The molecule has 1 unspecified atom stereocenters. The molecule has 3 rings (SSSR count). The van der Waals surface area contributed by atoms with Gasteiger partial charge in [0.05, 0.1) is 11.9 Å². The summed E-state index contributed by atoms with van der Waals surface area (Å²) in [5.74, 6) is 0. The summed E-state index contributed by atoms with van der Waals surface area (Å²) in [5.41, 5.74) is 1.29. The van der Waals surface area contributed by atoms with Crippen LogP contribution in [0.4, 0.5) is 0 Å². The Morgan fingerprint density at radius 2 is 2.24 bits per heavy atom. The molecule has 1 atom stereocenters. The minimum absolute atomic E-state index is 0.0862. The van der Waals surface area contributed by atoms with Crippen molar-refractivity contribution in [3.05, 3.63) is 31.1 Å². The molecule has 0 aromatic carbocycles. The lowest BCUT2D eigenvalue weighted by Crippen LogP contribution is -2.17. The van der Waals surface area contributed by atoms with Crippen molar-refractivity contribution in [2.45, 2.75) is 25.3 Å². The van der Waals surface area contributed by atoms with E-state index in [1.165, 1.54) is 34.7 Å². The van der Waals surface area contributed by atoms with E-state index in [0.717, 1.165) is 20.8 Å². The first kappa shape index (κ1) is 11.6. The van der Waals surface area contributed by atoms with Gasteiger partial charge in [0, 0.05) is 4.88 Å². The van der Waals surface area contributed by atoms with Crippen LogP contribution in [0.2, 0.25) is 4.34 Å². The molecular formula is C11H12ClN3S2. The highest BCUT2D eigenvalue weighted by molar-refractivity contribution is 7.16. The molecule has 0 spiro atoms. The van der Waals surface area contributed by atoms with E-state index >= 15 is 0 Å². The molecule has 0 fully saturated rings. The van der Waals surface area contributed by atoms with Crippen molar-refractivity contribution in [2.75, 3.05) is 7.05 Å². The minimum atomic E-state index is 0.0862. The van der Waals surface area contributed by atoms with E-state index in [0.29, 0.717) is 0 Å². The zero-order valence-corrected chi connectivity index (χ0v) is 11.8. The lowest BCUT2D eigenvalue weighted by Gasteiger charge is -2.09.